The van der Waals surface area contributed by atoms with E-state index in [0.717, 1.165) is 11.3 Å². The van der Waals surface area contributed by atoms with Crippen LogP contribution in [-0.2, 0) is 6.42 Å². The van der Waals surface area contributed by atoms with Crippen LogP contribution in [0.15, 0.2) is 18.2 Å². The standard InChI is InChI=1S/C14H21N3/c1-10(14(2,3)4)17-12-5-6-13(16)11(9-12)7-8-15/h5-6,9-10,17H,7,16H2,1-4H3. The van der Waals surface area contributed by atoms with Crippen molar-refractivity contribution in [3.8, 4) is 6.07 Å². The fourth-order valence-corrected chi connectivity index (χ4v) is 1.40. The van der Waals surface area contributed by atoms with Crippen LogP contribution in [0.4, 0.5) is 11.4 Å². The second-order valence-corrected chi connectivity index (χ2v) is 5.48. The molecular formula is C14H21N3. The fraction of sp³-hybridized carbons (Fsp3) is 0.500. The molecule has 1 unspecified atom stereocenters. The molecule has 0 bridgehead atoms. The maximum absolute atomic E-state index is 8.72. The molecule has 1 atom stereocenters. The van der Waals surface area contributed by atoms with Gasteiger partial charge in [0.15, 0.2) is 0 Å². The predicted octanol–water partition coefficient (Wildman–Crippen LogP) is 3.18. The summed E-state index contributed by atoms with van der Waals surface area (Å²) in [5.41, 5.74) is 8.59. The lowest BCUT2D eigenvalue weighted by atomic mass is 9.88. The Bertz CT molecular complexity index is 424. The Hall–Kier alpha value is -1.69. The molecule has 1 aromatic carbocycles. The molecule has 0 amide bonds. The summed E-state index contributed by atoms with van der Waals surface area (Å²) in [5.74, 6) is 0. The van der Waals surface area contributed by atoms with E-state index in [2.05, 4.69) is 39.1 Å². The Morgan fingerprint density at radius 3 is 2.59 bits per heavy atom. The van der Waals surface area contributed by atoms with Gasteiger partial charge in [-0.25, -0.2) is 0 Å². The van der Waals surface area contributed by atoms with Gasteiger partial charge in [-0.15, -0.1) is 0 Å². The van der Waals surface area contributed by atoms with Crippen molar-refractivity contribution >= 4 is 11.4 Å². The van der Waals surface area contributed by atoms with Crippen LogP contribution in [0.25, 0.3) is 0 Å². The first-order valence-electron chi connectivity index (χ1n) is 5.86. The molecule has 0 saturated heterocycles. The maximum Gasteiger partial charge on any atom is 0.0670 e. The molecule has 0 aliphatic carbocycles. The van der Waals surface area contributed by atoms with Gasteiger partial charge in [-0.2, -0.15) is 5.26 Å². The van der Waals surface area contributed by atoms with Crippen LogP contribution >= 0.6 is 0 Å². The number of nitrogens with one attached hydrogen (secondary N) is 1. The van der Waals surface area contributed by atoms with Gasteiger partial charge in [0, 0.05) is 17.4 Å². The molecule has 0 saturated carbocycles. The molecule has 0 aliphatic rings. The smallest absolute Gasteiger partial charge is 0.0670 e. The first-order valence-corrected chi connectivity index (χ1v) is 5.86. The van der Waals surface area contributed by atoms with Gasteiger partial charge in [-0.3, -0.25) is 0 Å². The Morgan fingerprint density at radius 2 is 2.06 bits per heavy atom. The zero-order valence-electron chi connectivity index (χ0n) is 11.0. The summed E-state index contributed by atoms with van der Waals surface area (Å²) in [4.78, 5) is 0. The molecule has 1 rings (SSSR count). The largest absolute Gasteiger partial charge is 0.398 e. The minimum absolute atomic E-state index is 0.191. The summed E-state index contributed by atoms with van der Waals surface area (Å²) in [5, 5.41) is 12.2. The highest BCUT2D eigenvalue weighted by atomic mass is 14.9. The third-order valence-electron chi connectivity index (χ3n) is 3.09. The summed E-state index contributed by atoms with van der Waals surface area (Å²) >= 11 is 0. The molecule has 0 aliphatic heterocycles. The van der Waals surface area contributed by atoms with Crippen molar-refractivity contribution < 1.29 is 0 Å². The van der Waals surface area contributed by atoms with Crippen molar-refractivity contribution in [2.75, 3.05) is 11.1 Å². The van der Waals surface area contributed by atoms with Crippen LogP contribution < -0.4 is 11.1 Å². The van der Waals surface area contributed by atoms with Crippen LogP contribution in [0.2, 0.25) is 0 Å². The SMILES string of the molecule is CC(Nc1ccc(N)c(CC#N)c1)C(C)(C)C. The minimum Gasteiger partial charge on any atom is -0.398 e. The van der Waals surface area contributed by atoms with Crippen LogP contribution in [0, 0.1) is 16.7 Å². The summed E-state index contributed by atoms with van der Waals surface area (Å²) < 4.78 is 0. The van der Waals surface area contributed by atoms with Gasteiger partial charge in [-0.05, 0) is 36.1 Å². The van der Waals surface area contributed by atoms with Crippen molar-refractivity contribution in [3.05, 3.63) is 23.8 Å². The third kappa shape index (κ3) is 3.67. The van der Waals surface area contributed by atoms with E-state index in [1.807, 2.05) is 18.2 Å². The van der Waals surface area contributed by atoms with Crippen molar-refractivity contribution in [2.24, 2.45) is 5.41 Å². The molecular weight excluding hydrogens is 210 g/mol. The van der Waals surface area contributed by atoms with Gasteiger partial charge >= 0.3 is 0 Å². The van der Waals surface area contributed by atoms with Gasteiger partial charge < -0.3 is 11.1 Å². The van der Waals surface area contributed by atoms with Crippen LogP contribution in [0.3, 0.4) is 0 Å². The number of hydrogen-bond donors (Lipinski definition) is 2. The molecule has 0 fully saturated rings. The van der Waals surface area contributed by atoms with E-state index in [1.54, 1.807) is 0 Å². The topological polar surface area (TPSA) is 61.8 Å². The molecule has 17 heavy (non-hydrogen) atoms. The highest BCUT2D eigenvalue weighted by molar-refractivity contribution is 5.58. The second-order valence-electron chi connectivity index (χ2n) is 5.48. The predicted molar refractivity (Wildman–Crippen MR) is 72.7 cm³/mol. The lowest BCUT2D eigenvalue weighted by Gasteiger charge is -2.29. The molecule has 1 aromatic rings. The van der Waals surface area contributed by atoms with E-state index in [4.69, 9.17) is 11.0 Å². The van der Waals surface area contributed by atoms with Gasteiger partial charge in [0.2, 0.25) is 0 Å². The Balaban J connectivity index is 2.87. The quantitative estimate of drug-likeness (QED) is 0.785. The monoisotopic (exact) mass is 231 g/mol. The highest BCUT2D eigenvalue weighted by Crippen LogP contribution is 2.24. The summed E-state index contributed by atoms with van der Waals surface area (Å²) in [6.07, 6.45) is 0.352. The zero-order chi connectivity index (χ0) is 13.1. The molecule has 3 heteroatoms. The van der Waals surface area contributed by atoms with E-state index in [1.165, 1.54) is 0 Å². The van der Waals surface area contributed by atoms with Gasteiger partial charge in [0.05, 0.1) is 12.5 Å². The summed E-state index contributed by atoms with van der Waals surface area (Å²) in [6.45, 7) is 8.73. The van der Waals surface area contributed by atoms with E-state index in [-0.39, 0.29) is 5.41 Å². The number of benzene rings is 1. The zero-order valence-corrected chi connectivity index (χ0v) is 11.0. The Kier molecular flexibility index (Phi) is 4.01. The maximum atomic E-state index is 8.72. The number of nitrogen functional groups attached to an aromatic ring is 1. The number of rotatable bonds is 3. The molecule has 0 radical (unpaired) electrons. The number of nitrogens with two attached hydrogens (primary N) is 1. The number of nitriles is 1. The lowest BCUT2D eigenvalue weighted by molar-refractivity contribution is 0.359. The Morgan fingerprint density at radius 1 is 1.41 bits per heavy atom. The second kappa shape index (κ2) is 5.09. The van der Waals surface area contributed by atoms with Gasteiger partial charge in [0.25, 0.3) is 0 Å². The van der Waals surface area contributed by atoms with Crippen molar-refractivity contribution in [1.29, 1.82) is 5.26 Å². The van der Waals surface area contributed by atoms with Gasteiger partial charge in [-0.1, -0.05) is 20.8 Å². The molecule has 0 spiro atoms. The van der Waals surface area contributed by atoms with Crippen LogP contribution in [0.5, 0.6) is 0 Å². The first kappa shape index (κ1) is 13.4. The summed E-state index contributed by atoms with van der Waals surface area (Å²) in [7, 11) is 0. The van der Waals surface area contributed by atoms with Gasteiger partial charge in [0.1, 0.15) is 0 Å². The molecule has 0 heterocycles. The number of nitrogens with zero attached hydrogens (tertiary/aromatic N) is 1. The third-order valence-corrected chi connectivity index (χ3v) is 3.09. The normalized spacial score (nSPS) is 12.9. The van der Waals surface area contributed by atoms with Crippen molar-refractivity contribution in [2.45, 2.75) is 40.2 Å². The molecule has 0 aromatic heterocycles. The molecule has 92 valence electrons. The first-order chi connectivity index (χ1) is 7.84. The van der Waals surface area contributed by atoms with E-state index >= 15 is 0 Å². The number of hydrogen-bond acceptors (Lipinski definition) is 3. The van der Waals surface area contributed by atoms with E-state index < -0.39 is 0 Å². The van der Waals surface area contributed by atoms with Crippen LogP contribution in [0.1, 0.15) is 33.3 Å². The number of anilines is 2. The summed E-state index contributed by atoms with van der Waals surface area (Å²) in [6, 6.07) is 8.24. The molecule has 3 N–H and O–H groups in total. The van der Waals surface area contributed by atoms with E-state index in [0.29, 0.717) is 18.2 Å². The fourth-order valence-electron chi connectivity index (χ4n) is 1.40. The van der Waals surface area contributed by atoms with Crippen LogP contribution in [-0.4, -0.2) is 6.04 Å². The average molecular weight is 231 g/mol. The van der Waals surface area contributed by atoms with Crippen molar-refractivity contribution in [1.82, 2.24) is 0 Å². The average Bonchev–Trinajstić information content (AvgIpc) is 2.22. The lowest BCUT2D eigenvalue weighted by Crippen LogP contribution is -2.30. The minimum atomic E-state index is 0.191. The Labute approximate surface area is 104 Å². The van der Waals surface area contributed by atoms with Crippen molar-refractivity contribution in [3.63, 3.8) is 0 Å². The van der Waals surface area contributed by atoms with E-state index in [9.17, 15) is 0 Å². The molecule has 3 nitrogen and oxygen atoms in total. The highest BCUT2D eigenvalue weighted by Gasteiger charge is 2.19.